The molecule has 0 bridgehead atoms. The third-order valence-corrected chi connectivity index (χ3v) is 5.62. The quantitative estimate of drug-likeness (QED) is 0.584. The first-order valence-corrected chi connectivity index (χ1v) is 9.62. The Morgan fingerprint density at radius 3 is 2.57 bits per heavy atom. The van der Waals surface area contributed by atoms with Gasteiger partial charge in [-0.3, -0.25) is 0 Å². The summed E-state index contributed by atoms with van der Waals surface area (Å²) in [6.07, 6.45) is 0.426. The molecule has 0 spiro atoms. The number of ether oxygens (including phenoxy) is 2. The lowest BCUT2D eigenvalue weighted by molar-refractivity contribution is -0.0190. The number of hydrogen-bond acceptors (Lipinski definition) is 4. The third kappa shape index (κ3) is 2.81. The number of fused-ring (bicyclic) bond motifs is 3. The Kier molecular flexibility index (Phi) is 4.21. The summed E-state index contributed by atoms with van der Waals surface area (Å²) in [4.78, 5) is 0. The summed E-state index contributed by atoms with van der Waals surface area (Å²) < 4.78 is 11.8. The number of hydrazone groups is 1. The molecule has 140 valence electrons. The van der Waals surface area contributed by atoms with Gasteiger partial charge in [-0.15, -0.1) is 0 Å². The van der Waals surface area contributed by atoms with Crippen LogP contribution in [0.3, 0.4) is 0 Å². The van der Waals surface area contributed by atoms with Gasteiger partial charge in [-0.05, 0) is 29.8 Å². The first-order chi connectivity index (χ1) is 13.7. The normalized spacial score (nSPS) is 20.1. The summed E-state index contributed by atoms with van der Waals surface area (Å²) in [6.45, 7) is 0. The van der Waals surface area contributed by atoms with Gasteiger partial charge in [0.25, 0.3) is 0 Å². The minimum Gasteiger partial charge on any atom is -0.497 e. The Bertz CT molecular complexity index is 1050. The summed E-state index contributed by atoms with van der Waals surface area (Å²) in [5.41, 5.74) is 4.16. The average Bonchev–Trinajstić information content (AvgIpc) is 3.20. The van der Waals surface area contributed by atoms with E-state index in [1.165, 1.54) is 0 Å². The molecular formula is C23H19ClN2O2. The second-order valence-electron chi connectivity index (χ2n) is 6.91. The van der Waals surface area contributed by atoms with Crippen molar-refractivity contribution in [3.05, 3.63) is 94.5 Å². The van der Waals surface area contributed by atoms with Crippen LogP contribution in [0.15, 0.2) is 77.9 Å². The highest BCUT2D eigenvalue weighted by molar-refractivity contribution is 6.31. The van der Waals surface area contributed by atoms with Crippen molar-refractivity contribution in [3.8, 4) is 11.5 Å². The van der Waals surface area contributed by atoms with Crippen molar-refractivity contribution >= 4 is 17.3 Å². The van der Waals surface area contributed by atoms with Gasteiger partial charge in [-0.2, -0.15) is 5.10 Å². The zero-order valence-electron chi connectivity index (χ0n) is 15.4. The first-order valence-electron chi connectivity index (χ1n) is 9.25. The molecule has 0 radical (unpaired) electrons. The minimum absolute atomic E-state index is 0.0651. The molecule has 0 aliphatic carbocycles. The Morgan fingerprint density at radius 1 is 1.00 bits per heavy atom. The van der Waals surface area contributed by atoms with E-state index >= 15 is 0 Å². The predicted molar refractivity (Wildman–Crippen MR) is 110 cm³/mol. The fraction of sp³-hybridized carbons (Fsp3) is 0.174. The first kappa shape index (κ1) is 17.1. The van der Waals surface area contributed by atoms with Gasteiger partial charge in [-0.25, -0.2) is 5.01 Å². The van der Waals surface area contributed by atoms with Crippen LogP contribution in [0.4, 0.5) is 0 Å². The standard InChI is InChI=1S/C23H19ClN2O2/c1-27-16-11-12-22-18(13-16)21-14-20(15-7-3-2-4-8-15)25-26(21)23(28-22)17-9-5-6-10-19(17)24/h2-13,21,23H,14H2,1H3/t21-,23-/m1/s1. The van der Waals surface area contributed by atoms with Crippen LogP contribution in [0, 0.1) is 0 Å². The average molecular weight is 391 g/mol. The molecule has 28 heavy (non-hydrogen) atoms. The monoisotopic (exact) mass is 390 g/mol. The molecule has 0 fully saturated rings. The Balaban J connectivity index is 1.63. The summed E-state index contributed by atoms with van der Waals surface area (Å²) >= 11 is 6.50. The zero-order valence-corrected chi connectivity index (χ0v) is 16.1. The van der Waals surface area contributed by atoms with Crippen LogP contribution < -0.4 is 9.47 Å². The Labute approximate surface area is 169 Å². The maximum atomic E-state index is 6.50. The van der Waals surface area contributed by atoms with Gasteiger partial charge in [0, 0.05) is 22.6 Å². The molecule has 2 aliphatic rings. The summed E-state index contributed by atoms with van der Waals surface area (Å²) in [6, 6.07) is 24.0. The lowest BCUT2D eigenvalue weighted by Crippen LogP contribution is -2.33. The van der Waals surface area contributed by atoms with Gasteiger partial charge in [0.15, 0.2) is 0 Å². The molecule has 0 saturated heterocycles. The molecule has 0 saturated carbocycles. The van der Waals surface area contributed by atoms with E-state index in [4.69, 9.17) is 26.2 Å². The zero-order chi connectivity index (χ0) is 19.1. The summed E-state index contributed by atoms with van der Waals surface area (Å²) in [7, 11) is 1.68. The Morgan fingerprint density at radius 2 is 1.79 bits per heavy atom. The van der Waals surface area contributed by atoms with E-state index in [1.54, 1.807) is 7.11 Å². The van der Waals surface area contributed by atoms with Gasteiger partial charge in [0.05, 0.1) is 18.9 Å². The van der Waals surface area contributed by atoms with Gasteiger partial charge in [0.1, 0.15) is 11.5 Å². The van der Waals surface area contributed by atoms with Crippen LogP contribution in [-0.2, 0) is 0 Å². The van der Waals surface area contributed by atoms with Crippen molar-refractivity contribution in [1.29, 1.82) is 0 Å². The number of nitrogens with zero attached hydrogens (tertiary/aromatic N) is 2. The van der Waals surface area contributed by atoms with Crippen molar-refractivity contribution in [1.82, 2.24) is 5.01 Å². The molecular weight excluding hydrogens is 372 g/mol. The number of hydrogen-bond donors (Lipinski definition) is 0. The van der Waals surface area contributed by atoms with Crippen molar-refractivity contribution < 1.29 is 9.47 Å². The van der Waals surface area contributed by atoms with Crippen LogP contribution >= 0.6 is 11.6 Å². The van der Waals surface area contributed by atoms with E-state index in [-0.39, 0.29) is 12.3 Å². The maximum Gasteiger partial charge on any atom is 0.215 e. The topological polar surface area (TPSA) is 34.1 Å². The van der Waals surface area contributed by atoms with Crippen molar-refractivity contribution in [2.75, 3.05) is 7.11 Å². The van der Waals surface area contributed by atoms with Crippen LogP contribution in [0.1, 0.15) is 35.4 Å². The molecule has 0 unspecified atom stereocenters. The van der Waals surface area contributed by atoms with Gasteiger partial charge < -0.3 is 9.47 Å². The highest BCUT2D eigenvalue weighted by Gasteiger charge is 2.41. The third-order valence-electron chi connectivity index (χ3n) is 5.28. The lowest BCUT2D eigenvalue weighted by atomic mass is 9.95. The van der Waals surface area contributed by atoms with E-state index in [1.807, 2.05) is 65.7 Å². The molecule has 5 rings (SSSR count). The van der Waals surface area contributed by atoms with Crippen molar-refractivity contribution in [3.63, 3.8) is 0 Å². The molecule has 2 aliphatic heterocycles. The van der Waals surface area contributed by atoms with Crippen LogP contribution in [0.25, 0.3) is 0 Å². The molecule has 0 aromatic heterocycles. The molecule has 3 aromatic carbocycles. The van der Waals surface area contributed by atoms with Crippen molar-refractivity contribution in [2.24, 2.45) is 5.10 Å². The predicted octanol–water partition coefficient (Wildman–Crippen LogP) is 5.59. The molecule has 5 heteroatoms. The highest BCUT2D eigenvalue weighted by atomic mass is 35.5. The second-order valence-corrected chi connectivity index (χ2v) is 7.32. The molecule has 4 nitrogen and oxygen atoms in total. The van der Waals surface area contributed by atoms with Gasteiger partial charge in [0.2, 0.25) is 6.23 Å². The number of halogens is 1. The van der Waals surface area contributed by atoms with Gasteiger partial charge in [-0.1, -0.05) is 60.1 Å². The summed E-state index contributed by atoms with van der Waals surface area (Å²) in [5.74, 6) is 1.66. The minimum atomic E-state index is -0.374. The smallest absolute Gasteiger partial charge is 0.215 e. The molecule has 0 amide bonds. The number of benzene rings is 3. The molecule has 3 aromatic rings. The second kappa shape index (κ2) is 6.88. The summed E-state index contributed by atoms with van der Waals surface area (Å²) in [5, 5.41) is 7.66. The van der Waals surface area contributed by atoms with E-state index in [0.29, 0.717) is 5.02 Å². The fourth-order valence-corrected chi connectivity index (χ4v) is 4.11. The maximum absolute atomic E-state index is 6.50. The molecule has 2 atom stereocenters. The van der Waals surface area contributed by atoms with Crippen LogP contribution in [-0.4, -0.2) is 17.8 Å². The number of methoxy groups -OCH3 is 1. The van der Waals surface area contributed by atoms with Crippen molar-refractivity contribution in [2.45, 2.75) is 18.7 Å². The largest absolute Gasteiger partial charge is 0.497 e. The molecule has 0 N–H and O–H groups in total. The Hall–Kier alpha value is -2.98. The van der Waals surface area contributed by atoms with Gasteiger partial charge >= 0.3 is 0 Å². The lowest BCUT2D eigenvalue weighted by Gasteiger charge is -2.38. The van der Waals surface area contributed by atoms with E-state index in [0.717, 1.165) is 40.3 Å². The van der Waals surface area contributed by atoms with E-state index in [2.05, 4.69) is 12.1 Å². The SMILES string of the molecule is COc1ccc2c(c1)[C@H]1CC(c3ccccc3)=NN1[C@@H](c1ccccc1Cl)O2. The fourth-order valence-electron chi connectivity index (χ4n) is 3.88. The van der Waals surface area contributed by atoms with E-state index < -0.39 is 0 Å². The number of rotatable bonds is 3. The van der Waals surface area contributed by atoms with E-state index in [9.17, 15) is 0 Å². The highest BCUT2D eigenvalue weighted by Crippen LogP contribution is 2.49. The van der Waals surface area contributed by atoms with Crippen LogP contribution in [0.5, 0.6) is 11.5 Å². The molecule has 2 heterocycles. The van der Waals surface area contributed by atoms with Crippen LogP contribution in [0.2, 0.25) is 5.02 Å².